The fourth-order valence-electron chi connectivity index (χ4n) is 1.60. The number of nitrogens with zero attached hydrogens (tertiary/aromatic N) is 3. The van der Waals surface area contributed by atoms with Crippen molar-refractivity contribution in [2.24, 2.45) is 7.05 Å². The Labute approximate surface area is 118 Å². The van der Waals surface area contributed by atoms with Crippen molar-refractivity contribution in [1.82, 2.24) is 14.8 Å². The zero-order valence-corrected chi connectivity index (χ0v) is 11.4. The molecule has 2 aromatic rings. The van der Waals surface area contributed by atoms with E-state index in [0.29, 0.717) is 0 Å². The summed E-state index contributed by atoms with van der Waals surface area (Å²) in [5.41, 5.74) is -0.141. The number of ether oxygens (including phenoxy) is 1. The van der Waals surface area contributed by atoms with Crippen LogP contribution in [-0.2, 0) is 11.8 Å². The summed E-state index contributed by atoms with van der Waals surface area (Å²) in [5.74, 6) is -2.50. The predicted molar refractivity (Wildman–Crippen MR) is 67.3 cm³/mol. The summed E-state index contributed by atoms with van der Waals surface area (Å²) >= 11 is 5.48. The van der Waals surface area contributed by atoms with Crippen molar-refractivity contribution in [3.8, 4) is 11.4 Å². The van der Waals surface area contributed by atoms with Gasteiger partial charge in [0.2, 0.25) is 0 Å². The van der Waals surface area contributed by atoms with Crippen LogP contribution in [-0.4, -0.2) is 27.3 Å². The molecule has 0 spiro atoms. The first kappa shape index (κ1) is 14.4. The van der Waals surface area contributed by atoms with E-state index < -0.39 is 17.6 Å². The molecule has 0 N–H and O–H groups in total. The lowest BCUT2D eigenvalue weighted by Crippen LogP contribution is -2.07. The summed E-state index contributed by atoms with van der Waals surface area (Å²) in [6, 6.07) is 1.74. The fourth-order valence-corrected chi connectivity index (χ4v) is 1.75. The van der Waals surface area contributed by atoms with E-state index in [-0.39, 0.29) is 28.8 Å². The second kappa shape index (κ2) is 5.54. The Morgan fingerprint density at radius 1 is 1.40 bits per heavy atom. The number of carbonyl (C=O) groups excluding carboxylic acids is 1. The summed E-state index contributed by atoms with van der Waals surface area (Å²) < 4.78 is 33.1. The molecule has 0 aliphatic heterocycles. The summed E-state index contributed by atoms with van der Waals surface area (Å²) in [6.45, 7) is 1.80. The van der Waals surface area contributed by atoms with Crippen molar-refractivity contribution < 1.29 is 18.3 Å². The standard InChI is InChI=1S/C12H10ClF2N3O2/c1-3-20-12(19)10-16-11(18(2)17-10)6-4-9(15)7(13)5-8(6)14/h4-5H,3H2,1-2H3. The number of aryl methyl sites for hydroxylation is 1. The largest absolute Gasteiger partial charge is 0.460 e. The molecular weight excluding hydrogens is 292 g/mol. The maximum atomic E-state index is 13.8. The molecule has 0 atom stereocenters. The third kappa shape index (κ3) is 2.62. The molecule has 0 unspecified atom stereocenters. The van der Waals surface area contributed by atoms with Gasteiger partial charge in [0, 0.05) is 7.05 Å². The highest BCUT2D eigenvalue weighted by molar-refractivity contribution is 6.30. The van der Waals surface area contributed by atoms with E-state index in [1.165, 1.54) is 7.05 Å². The zero-order chi connectivity index (χ0) is 14.9. The number of hydrogen-bond acceptors (Lipinski definition) is 4. The number of esters is 1. The highest BCUT2D eigenvalue weighted by Gasteiger charge is 2.20. The zero-order valence-electron chi connectivity index (χ0n) is 10.7. The normalized spacial score (nSPS) is 10.7. The molecule has 0 aliphatic rings. The van der Waals surface area contributed by atoms with Crippen LogP contribution in [0, 0.1) is 11.6 Å². The summed E-state index contributed by atoms with van der Waals surface area (Å²) in [7, 11) is 1.46. The Hall–Kier alpha value is -2.02. The number of aromatic nitrogens is 3. The van der Waals surface area contributed by atoms with Crippen LogP contribution in [0.25, 0.3) is 11.4 Å². The van der Waals surface area contributed by atoms with E-state index in [1.54, 1.807) is 6.92 Å². The van der Waals surface area contributed by atoms with Crippen molar-refractivity contribution in [3.05, 3.63) is 34.6 Å². The van der Waals surface area contributed by atoms with Gasteiger partial charge in [-0.15, -0.1) is 5.10 Å². The van der Waals surface area contributed by atoms with Crippen LogP contribution < -0.4 is 0 Å². The lowest BCUT2D eigenvalue weighted by atomic mass is 10.2. The SMILES string of the molecule is CCOC(=O)c1nc(-c2cc(F)c(Cl)cc2F)n(C)n1. The molecule has 0 fully saturated rings. The third-order valence-corrected chi connectivity index (χ3v) is 2.76. The van der Waals surface area contributed by atoms with Gasteiger partial charge in [0.15, 0.2) is 5.82 Å². The first-order valence-electron chi connectivity index (χ1n) is 5.67. The minimum atomic E-state index is -0.788. The van der Waals surface area contributed by atoms with Gasteiger partial charge in [-0.05, 0) is 19.1 Å². The molecule has 0 bridgehead atoms. The summed E-state index contributed by atoms with van der Waals surface area (Å²) in [4.78, 5) is 15.4. The highest BCUT2D eigenvalue weighted by atomic mass is 35.5. The van der Waals surface area contributed by atoms with Gasteiger partial charge in [-0.2, -0.15) is 0 Å². The van der Waals surface area contributed by atoms with Crippen molar-refractivity contribution in [2.75, 3.05) is 6.61 Å². The Morgan fingerprint density at radius 3 is 2.75 bits per heavy atom. The Balaban J connectivity index is 2.49. The Morgan fingerprint density at radius 2 is 2.10 bits per heavy atom. The van der Waals surface area contributed by atoms with Crippen molar-refractivity contribution in [3.63, 3.8) is 0 Å². The van der Waals surface area contributed by atoms with Gasteiger partial charge < -0.3 is 4.74 Å². The number of benzene rings is 1. The van der Waals surface area contributed by atoms with Gasteiger partial charge in [0.25, 0.3) is 5.82 Å². The lowest BCUT2D eigenvalue weighted by Gasteiger charge is -2.03. The molecule has 0 saturated carbocycles. The summed E-state index contributed by atoms with van der Waals surface area (Å²) in [5, 5.41) is 3.47. The Kier molecular flexibility index (Phi) is 3.99. The molecule has 0 aliphatic carbocycles. The summed E-state index contributed by atoms with van der Waals surface area (Å²) in [6.07, 6.45) is 0. The van der Waals surface area contributed by atoms with Crippen molar-refractivity contribution >= 4 is 17.6 Å². The first-order valence-corrected chi connectivity index (χ1v) is 6.05. The third-order valence-electron chi connectivity index (χ3n) is 2.47. The quantitative estimate of drug-likeness (QED) is 0.646. The fraction of sp³-hybridized carbons (Fsp3) is 0.250. The average molecular weight is 302 g/mol. The maximum absolute atomic E-state index is 13.8. The minimum Gasteiger partial charge on any atom is -0.460 e. The number of rotatable bonds is 3. The minimum absolute atomic E-state index is 0.00104. The molecule has 2 rings (SSSR count). The molecule has 20 heavy (non-hydrogen) atoms. The molecule has 5 nitrogen and oxygen atoms in total. The van der Waals surface area contributed by atoms with E-state index in [1.807, 2.05) is 0 Å². The lowest BCUT2D eigenvalue weighted by molar-refractivity contribution is 0.0512. The van der Waals surface area contributed by atoms with Crippen molar-refractivity contribution in [1.29, 1.82) is 0 Å². The van der Waals surface area contributed by atoms with E-state index in [9.17, 15) is 13.6 Å². The van der Waals surface area contributed by atoms with E-state index >= 15 is 0 Å². The second-order valence-electron chi connectivity index (χ2n) is 3.85. The highest BCUT2D eigenvalue weighted by Crippen LogP contribution is 2.26. The van der Waals surface area contributed by atoms with Gasteiger partial charge in [-0.3, -0.25) is 0 Å². The van der Waals surface area contributed by atoms with Crippen LogP contribution in [0.5, 0.6) is 0 Å². The van der Waals surface area contributed by atoms with E-state index in [4.69, 9.17) is 16.3 Å². The van der Waals surface area contributed by atoms with Gasteiger partial charge in [0.05, 0.1) is 17.2 Å². The molecule has 8 heteroatoms. The van der Waals surface area contributed by atoms with Gasteiger partial charge in [-0.1, -0.05) is 11.6 Å². The van der Waals surface area contributed by atoms with Crippen LogP contribution in [0.15, 0.2) is 12.1 Å². The first-order chi connectivity index (χ1) is 9.43. The number of carbonyl (C=O) groups is 1. The molecule has 0 radical (unpaired) electrons. The number of halogens is 3. The smallest absolute Gasteiger partial charge is 0.378 e. The maximum Gasteiger partial charge on any atom is 0.378 e. The second-order valence-corrected chi connectivity index (χ2v) is 4.26. The van der Waals surface area contributed by atoms with E-state index in [2.05, 4.69) is 10.1 Å². The van der Waals surface area contributed by atoms with E-state index in [0.717, 1.165) is 16.8 Å². The number of hydrogen-bond donors (Lipinski definition) is 0. The molecule has 1 aromatic carbocycles. The van der Waals surface area contributed by atoms with Crippen LogP contribution >= 0.6 is 11.6 Å². The molecule has 1 aromatic heterocycles. The van der Waals surface area contributed by atoms with Crippen molar-refractivity contribution in [2.45, 2.75) is 6.92 Å². The monoisotopic (exact) mass is 301 g/mol. The van der Waals surface area contributed by atoms with Gasteiger partial charge in [0.1, 0.15) is 11.6 Å². The van der Waals surface area contributed by atoms with Crippen LogP contribution in [0.3, 0.4) is 0 Å². The van der Waals surface area contributed by atoms with Gasteiger partial charge in [-0.25, -0.2) is 23.2 Å². The van der Waals surface area contributed by atoms with Crippen LogP contribution in [0.1, 0.15) is 17.5 Å². The van der Waals surface area contributed by atoms with Gasteiger partial charge >= 0.3 is 5.97 Å². The predicted octanol–water partition coefficient (Wildman–Crippen LogP) is 2.59. The molecule has 0 amide bonds. The topological polar surface area (TPSA) is 57.0 Å². The molecule has 0 saturated heterocycles. The molecule has 106 valence electrons. The average Bonchev–Trinajstić information content (AvgIpc) is 2.76. The van der Waals surface area contributed by atoms with Crippen LogP contribution in [0.2, 0.25) is 5.02 Å². The molecular formula is C12H10ClF2N3O2. The van der Waals surface area contributed by atoms with Crippen LogP contribution in [0.4, 0.5) is 8.78 Å². The molecule has 1 heterocycles. The Bertz CT molecular complexity index is 673.